The summed E-state index contributed by atoms with van der Waals surface area (Å²) in [5, 5.41) is -0.233. The molecule has 0 spiro atoms. The summed E-state index contributed by atoms with van der Waals surface area (Å²) >= 11 is 8.71. The van der Waals surface area contributed by atoms with Crippen LogP contribution in [0.25, 0.3) is 0 Å². The Kier molecular flexibility index (Phi) is 3.78. The van der Waals surface area contributed by atoms with Crippen LogP contribution in [0, 0.1) is 11.6 Å². The number of hydrogen-bond acceptors (Lipinski definition) is 1. The molecule has 0 N–H and O–H groups in total. The van der Waals surface area contributed by atoms with Gasteiger partial charge in [0, 0.05) is 11.1 Å². The minimum atomic E-state index is -0.663. The van der Waals surface area contributed by atoms with Crippen LogP contribution in [0.1, 0.15) is 15.9 Å². The highest BCUT2D eigenvalue weighted by Crippen LogP contribution is 2.24. The normalized spacial score (nSPS) is 10.4. The van der Waals surface area contributed by atoms with E-state index in [2.05, 4.69) is 15.9 Å². The van der Waals surface area contributed by atoms with Crippen LogP contribution < -0.4 is 0 Å². The van der Waals surface area contributed by atoms with Gasteiger partial charge >= 0.3 is 0 Å². The van der Waals surface area contributed by atoms with E-state index in [1.54, 1.807) is 0 Å². The van der Waals surface area contributed by atoms with E-state index in [0.29, 0.717) is 0 Å². The van der Waals surface area contributed by atoms with Crippen LogP contribution in [0.15, 0.2) is 40.9 Å². The highest BCUT2D eigenvalue weighted by atomic mass is 79.9. The first-order valence-electron chi connectivity index (χ1n) is 4.94. The van der Waals surface area contributed by atoms with Crippen molar-refractivity contribution in [3.8, 4) is 0 Å². The van der Waals surface area contributed by atoms with Gasteiger partial charge in [-0.25, -0.2) is 8.78 Å². The lowest BCUT2D eigenvalue weighted by Gasteiger charge is -2.05. The molecule has 0 saturated carbocycles. The number of benzene rings is 2. The summed E-state index contributed by atoms with van der Waals surface area (Å²) < 4.78 is 26.5. The SMILES string of the molecule is O=C(c1ccc(F)c(Br)c1)c1cccc(F)c1Cl. The molecule has 1 nitrogen and oxygen atoms in total. The second-order valence-corrected chi connectivity index (χ2v) is 4.79. The van der Waals surface area contributed by atoms with E-state index in [1.807, 2.05) is 0 Å². The number of carbonyl (C=O) groups is 1. The van der Waals surface area contributed by atoms with E-state index >= 15 is 0 Å². The number of rotatable bonds is 2. The number of hydrogen-bond donors (Lipinski definition) is 0. The number of ketones is 1. The summed E-state index contributed by atoms with van der Waals surface area (Å²) in [6, 6.07) is 7.80. The molecule has 92 valence electrons. The Morgan fingerprint density at radius 3 is 2.50 bits per heavy atom. The van der Waals surface area contributed by atoms with Crippen molar-refractivity contribution in [3.63, 3.8) is 0 Å². The minimum absolute atomic E-state index is 0.0511. The van der Waals surface area contributed by atoms with Gasteiger partial charge in [-0.2, -0.15) is 0 Å². The van der Waals surface area contributed by atoms with Gasteiger partial charge in [-0.15, -0.1) is 0 Å². The van der Waals surface area contributed by atoms with Crippen molar-refractivity contribution in [1.82, 2.24) is 0 Å². The molecule has 0 aliphatic carbocycles. The zero-order valence-corrected chi connectivity index (χ0v) is 11.2. The summed E-state index contributed by atoms with van der Waals surface area (Å²) in [4.78, 5) is 12.1. The molecule has 0 fully saturated rings. The molecular weight excluding hydrogens is 325 g/mol. The van der Waals surface area contributed by atoms with Crippen LogP contribution >= 0.6 is 27.5 Å². The van der Waals surface area contributed by atoms with Crippen molar-refractivity contribution in [2.24, 2.45) is 0 Å². The molecule has 0 aliphatic rings. The molecule has 2 aromatic carbocycles. The zero-order chi connectivity index (χ0) is 13.3. The van der Waals surface area contributed by atoms with E-state index in [9.17, 15) is 13.6 Å². The van der Waals surface area contributed by atoms with E-state index in [0.717, 1.165) is 6.07 Å². The molecular formula is C13H6BrClF2O. The predicted molar refractivity (Wildman–Crippen MR) is 68.9 cm³/mol. The summed E-state index contributed by atoms with van der Waals surface area (Å²) in [5.41, 5.74) is 0.283. The van der Waals surface area contributed by atoms with Gasteiger partial charge < -0.3 is 0 Å². The van der Waals surface area contributed by atoms with Crippen LogP contribution in [0.3, 0.4) is 0 Å². The van der Waals surface area contributed by atoms with Crippen LogP contribution in [0.2, 0.25) is 5.02 Å². The lowest BCUT2D eigenvalue weighted by molar-refractivity contribution is 0.103. The minimum Gasteiger partial charge on any atom is -0.289 e. The first-order chi connectivity index (χ1) is 8.50. The molecule has 0 aliphatic heterocycles. The first-order valence-corrected chi connectivity index (χ1v) is 6.11. The molecule has 0 radical (unpaired) electrons. The standard InChI is InChI=1S/C13H6BrClF2O/c14-9-6-7(4-5-10(9)16)13(18)8-2-1-3-11(17)12(8)15/h1-6H. The summed E-state index contributed by atoms with van der Waals surface area (Å²) in [5.74, 6) is -1.60. The molecule has 0 heterocycles. The Labute approximate surface area is 116 Å². The molecule has 0 saturated heterocycles. The fourth-order valence-electron chi connectivity index (χ4n) is 1.47. The van der Waals surface area contributed by atoms with E-state index < -0.39 is 17.4 Å². The maximum absolute atomic E-state index is 13.2. The van der Waals surface area contributed by atoms with Gasteiger partial charge in [0.1, 0.15) is 11.6 Å². The fourth-order valence-corrected chi connectivity index (χ4v) is 2.06. The van der Waals surface area contributed by atoms with E-state index in [1.165, 1.54) is 30.3 Å². The van der Waals surface area contributed by atoms with Crippen molar-refractivity contribution in [3.05, 3.63) is 68.7 Å². The third kappa shape index (κ3) is 2.44. The van der Waals surface area contributed by atoms with Crippen molar-refractivity contribution < 1.29 is 13.6 Å². The van der Waals surface area contributed by atoms with Gasteiger partial charge in [-0.3, -0.25) is 4.79 Å². The monoisotopic (exact) mass is 330 g/mol. The third-order valence-corrected chi connectivity index (χ3v) is 3.37. The van der Waals surface area contributed by atoms with Crippen LogP contribution in [0.4, 0.5) is 8.78 Å². The van der Waals surface area contributed by atoms with Gasteiger partial charge in [0.05, 0.1) is 9.50 Å². The smallest absolute Gasteiger partial charge is 0.194 e. The maximum atomic E-state index is 13.2. The topological polar surface area (TPSA) is 17.1 Å². The summed E-state index contributed by atoms with van der Waals surface area (Å²) in [6.45, 7) is 0. The van der Waals surface area contributed by atoms with Gasteiger partial charge in [0.2, 0.25) is 0 Å². The van der Waals surface area contributed by atoms with Crippen molar-refractivity contribution in [2.45, 2.75) is 0 Å². The van der Waals surface area contributed by atoms with E-state index in [-0.39, 0.29) is 20.6 Å². The molecule has 0 bridgehead atoms. The van der Waals surface area contributed by atoms with E-state index in [4.69, 9.17) is 11.6 Å². The van der Waals surface area contributed by atoms with Crippen LogP contribution in [0.5, 0.6) is 0 Å². The van der Waals surface area contributed by atoms with Gasteiger partial charge in [-0.05, 0) is 46.3 Å². The highest BCUT2D eigenvalue weighted by Gasteiger charge is 2.16. The average Bonchev–Trinajstić information content (AvgIpc) is 2.35. The molecule has 0 amide bonds. The Balaban J connectivity index is 2.48. The largest absolute Gasteiger partial charge is 0.289 e. The highest BCUT2D eigenvalue weighted by molar-refractivity contribution is 9.10. The number of halogens is 4. The predicted octanol–water partition coefficient (Wildman–Crippen LogP) is 4.61. The van der Waals surface area contributed by atoms with Crippen molar-refractivity contribution >= 4 is 33.3 Å². The quantitative estimate of drug-likeness (QED) is 0.734. The Hall–Kier alpha value is -1.26. The summed E-state index contributed by atoms with van der Waals surface area (Å²) in [6.07, 6.45) is 0. The van der Waals surface area contributed by atoms with Gasteiger partial charge in [-0.1, -0.05) is 17.7 Å². The molecule has 18 heavy (non-hydrogen) atoms. The zero-order valence-electron chi connectivity index (χ0n) is 8.88. The summed E-state index contributed by atoms with van der Waals surface area (Å²) in [7, 11) is 0. The Morgan fingerprint density at radius 1 is 1.11 bits per heavy atom. The van der Waals surface area contributed by atoms with Crippen molar-refractivity contribution in [1.29, 1.82) is 0 Å². The second kappa shape index (κ2) is 5.16. The fraction of sp³-hybridized carbons (Fsp3) is 0. The third-order valence-electron chi connectivity index (χ3n) is 2.38. The lowest BCUT2D eigenvalue weighted by atomic mass is 10.0. The number of carbonyl (C=O) groups excluding carboxylic acids is 1. The molecule has 0 aromatic heterocycles. The van der Waals surface area contributed by atoms with Crippen LogP contribution in [-0.2, 0) is 0 Å². The van der Waals surface area contributed by atoms with Gasteiger partial charge in [0.15, 0.2) is 5.78 Å². The average molecular weight is 332 g/mol. The van der Waals surface area contributed by atoms with Crippen molar-refractivity contribution in [2.75, 3.05) is 0 Å². The lowest BCUT2D eigenvalue weighted by Crippen LogP contribution is -2.03. The Morgan fingerprint density at radius 2 is 1.83 bits per heavy atom. The molecule has 5 heteroatoms. The molecule has 0 unspecified atom stereocenters. The Bertz CT molecular complexity index is 628. The maximum Gasteiger partial charge on any atom is 0.194 e. The second-order valence-electron chi connectivity index (χ2n) is 3.56. The first kappa shape index (κ1) is 13.2. The molecule has 0 atom stereocenters. The van der Waals surface area contributed by atoms with Gasteiger partial charge in [0.25, 0.3) is 0 Å². The molecule has 2 rings (SSSR count). The molecule has 2 aromatic rings. The van der Waals surface area contributed by atoms with Crippen LogP contribution in [-0.4, -0.2) is 5.78 Å².